The van der Waals surface area contributed by atoms with Gasteiger partial charge in [0.25, 0.3) is 5.91 Å². The Balaban J connectivity index is 1.81. The number of nitrogens with two attached hydrogens (primary N) is 1. The molecule has 1 amide bonds. The monoisotopic (exact) mass is 274 g/mol. The highest BCUT2D eigenvalue weighted by Crippen LogP contribution is 2.21. The smallest absolute Gasteiger partial charge is 0.277 e. The number of amides is 1. The molecule has 19 heavy (non-hydrogen) atoms. The van der Waals surface area contributed by atoms with E-state index in [-0.39, 0.29) is 18.1 Å². The van der Waals surface area contributed by atoms with Crippen molar-refractivity contribution < 1.29 is 9.21 Å². The maximum Gasteiger partial charge on any atom is 0.277 e. The van der Waals surface area contributed by atoms with Crippen LogP contribution in [0, 0.1) is 0 Å². The Morgan fingerprint density at radius 2 is 2.37 bits per heavy atom. The lowest BCUT2D eigenvalue weighted by Gasteiger charge is -2.02. The molecule has 7 heteroatoms. The van der Waals surface area contributed by atoms with Gasteiger partial charge in [-0.1, -0.05) is 0 Å². The molecule has 0 aliphatic heterocycles. The Labute approximate surface area is 112 Å². The van der Waals surface area contributed by atoms with Crippen LogP contribution in [0.5, 0.6) is 0 Å². The van der Waals surface area contributed by atoms with E-state index < -0.39 is 0 Å². The van der Waals surface area contributed by atoms with Crippen LogP contribution in [0.1, 0.15) is 16.4 Å². The largest absolute Gasteiger partial charge is 0.447 e. The molecule has 0 radical (unpaired) electrons. The number of thiazole rings is 1. The van der Waals surface area contributed by atoms with Gasteiger partial charge in [0, 0.05) is 5.69 Å². The molecule has 0 fully saturated rings. The number of hydrogen-bond donors (Lipinski definition) is 2. The van der Waals surface area contributed by atoms with Crippen molar-refractivity contribution in [1.29, 1.82) is 0 Å². The normalized spacial score (nSPS) is 10.8. The predicted molar refractivity (Wildman–Crippen MR) is 72.0 cm³/mol. The molecule has 0 aliphatic rings. The number of oxazole rings is 1. The minimum atomic E-state index is -0.335. The molecule has 1 aromatic carbocycles. The van der Waals surface area contributed by atoms with Crippen LogP contribution in [0.4, 0.5) is 5.69 Å². The first kappa shape index (κ1) is 11.8. The van der Waals surface area contributed by atoms with Crippen molar-refractivity contribution in [2.45, 2.75) is 6.54 Å². The van der Waals surface area contributed by atoms with Crippen molar-refractivity contribution in [1.82, 2.24) is 9.97 Å². The van der Waals surface area contributed by atoms with E-state index in [9.17, 15) is 4.79 Å². The van der Waals surface area contributed by atoms with E-state index >= 15 is 0 Å². The number of carbonyl (C=O) groups excluding carboxylic acids is 1. The summed E-state index contributed by atoms with van der Waals surface area (Å²) in [7, 11) is 0. The number of aromatic nitrogens is 2. The Bertz CT molecular complexity index is 734. The zero-order chi connectivity index (χ0) is 13.2. The number of fused-ring (bicyclic) bond motifs is 1. The second-order valence-electron chi connectivity index (χ2n) is 3.82. The predicted octanol–water partition coefficient (Wildman–Crippen LogP) is 2.00. The van der Waals surface area contributed by atoms with E-state index in [4.69, 9.17) is 10.2 Å². The van der Waals surface area contributed by atoms with Crippen molar-refractivity contribution in [2.24, 2.45) is 5.73 Å². The van der Waals surface area contributed by atoms with E-state index in [2.05, 4.69) is 15.3 Å². The van der Waals surface area contributed by atoms with Gasteiger partial charge in [-0.25, -0.2) is 9.97 Å². The average molecular weight is 274 g/mol. The molecule has 6 nitrogen and oxygen atoms in total. The maximum absolute atomic E-state index is 11.9. The second-order valence-corrected chi connectivity index (χ2v) is 4.71. The van der Waals surface area contributed by atoms with Crippen LogP contribution >= 0.6 is 11.3 Å². The highest BCUT2D eigenvalue weighted by atomic mass is 32.1. The van der Waals surface area contributed by atoms with Crippen molar-refractivity contribution in [3.63, 3.8) is 0 Å². The zero-order valence-corrected chi connectivity index (χ0v) is 10.6. The van der Waals surface area contributed by atoms with E-state index in [0.717, 1.165) is 10.2 Å². The summed E-state index contributed by atoms with van der Waals surface area (Å²) in [4.78, 5) is 20.1. The van der Waals surface area contributed by atoms with E-state index in [1.165, 1.54) is 6.26 Å². The summed E-state index contributed by atoms with van der Waals surface area (Å²) in [5.41, 5.74) is 8.86. The lowest BCUT2D eigenvalue weighted by Crippen LogP contribution is -2.12. The fourth-order valence-corrected chi connectivity index (χ4v) is 2.30. The molecule has 3 aromatic rings. The molecule has 0 unspecified atom stereocenters. The molecule has 3 N–H and O–H groups in total. The van der Waals surface area contributed by atoms with Crippen LogP contribution in [0.15, 0.2) is 34.4 Å². The highest BCUT2D eigenvalue weighted by Gasteiger charge is 2.12. The summed E-state index contributed by atoms with van der Waals surface area (Å²) in [5.74, 6) is -0.00173. The molecular formula is C12H10N4O2S. The first-order valence-electron chi connectivity index (χ1n) is 5.55. The van der Waals surface area contributed by atoms with Crippen molar-refractivity contribution in [3.8, 4) is 0 Å². The molecule has 2 heterocycles. The van der Waals surface area contributed by atoms with Gasteiger partial charge in [-0.2, -0.15) is 0 Å². The van der Waals surface area contributed by atoms with Crippen LogP contribution in [0.25, 0.3) is 10.2 Å². The van der Waals surface area contributed by atoms with Crippen LogP contribution in [0.3, 0.4) is 0 Å². The summed E-state index contributed by atoms with van der Waals surface area (Å²) in [6, 6.07) is 5.55. The number of benzene rings is 1. The Kier molecular flexibility index (Phi) is 2.98. The summed E-state index contributed by atoms with van der Waals surface area (Å²) in [6.07, 6.45) is 1.29. The van der Waals surface area contributed by atoms with Gasteiger partial charge >= 0.3 is 0 Å². The summed E-state index contributed by atoms with van der Waals surface area (Å²) in [6.45, 7) is 0.165. The zero-order valence-electron chi connectivity index (χ0n) is 9.79. The molecule has 0 atom stereocenters. The molecule has 2 aromatic heterocycles. The van der Waals surface area contributed by atoms with Gasteiger partial charge in [0.2, 0.25) is 5.89 Å². The van der Waals surface area contributed by atoms with Crippen LogP contribution in [0.2, 0.25) is 0 Å². The van der Waals surface area contributed by atoms with Gasteiger partial charge in [0.05, 0.1) is 22.3 Å². The minimum absolute atomic E-state index is 0.165. The van der Waals surface area contributed by atoms with Crippen molar-refractivity contribution >= 4 is 33.1 Å². The van der Waals surface area contributed by atoms with E-state index in [0.29, 0.717) is 11.6 Å². The van der Waals surface area contributed by atoms with Crippen LogP contribution in [-0.2, 0) is 6.54 Å². The number of hydrogen-bond acceptors (Lipinski definition) is 6. The van der Waals surface area contributed by atoms with Crippen molar-refractivity contribution in [2.75, 3.05) is 5.32 Å². The lowest BCUT2D eigenvalue weighted by molar-refractivity contribution is 0.102. The van der Waals surface area contributed by atoms with Crippen LogP contribution in [-0.4, -0.2) is 15.9 Å². The molecule has 0 saturated carbocycles. The molecule has 96 valence electrons. The molecular weight excluding hydrogens is 264 g/mol. The van der Waals surface area contributed by atoms with Gasteiger partial charge in [-0.15, -0.1) is 11.3 Å². The third kappa shape index (κ3) is 2.33. The van der Waals surface area contributed by atoms with E-state index in [1.807, 2.05) is 18.2 Å². The second kappa shape index (κ2) is 4.79. The number of anilines is 1. The topological polar surface area (TPSA) is 94.0 Å². The third-order valence-electron chi connectivity index (χ3n) is 2.55. The Hall–Kier alpha value is -2.25. The van der Waals surface area contributed by atoms with Gasteiger partial charge in [-0.3, -0.25) is 4.79 Å². The summed E-state index contributed by atoms with van der Waals surface area (Å²) in [5, 5.41) is 2.74. The number of nitrogens with zero attached hydrogens (tertiary/aromatic N) is 2. The quantitative estimate of drug-likeness (QED) is 0.761. The number of nitrogens with one attached hydrogen (secondary N) is 1. The van der Waals surface area contributed by atoms with Gasteiger partial charge in [0.15, 0.2) is 5.69 Å². The highest BCUT2D eigenvalue weighted by molar-refractivity contribution is 7.16. The molecule has 3 rings (SSSR count). The molecule has 0 spiro atoms. The molecule has 0 aliphatic carbocycles. The van der Waals surface area contributed by atoms with Gasteiger partial charge < -0.3 is 15.5 Å². The SMILES string of the molecule is NCc1nc(C(=O)Nc2ccc3scnc3c2)co1. The average Bonchev–Trinajstić information content (AvgIpc) is 3.06. The first-order chi connectivity index (χ1) is 9.26. The van der Waals surface area contributed by atoms with Crippen LogP contribution < -0.4 is 11.1 Å². The minimum Gasteiger partial charge on any atom is -0.447 e. The number of rotatable bonds is 3. The van der Waals surface area contributed by atoms with Gasteiger partial charge in [-0.05, 0) is 18.2 Å². The molecule has 0 saturated heterocycles. The van der Waals surface area contributed by atoms with Crippen molar-refractivity contribution in [3.05, 3.63) is 41.6 Å². The summed E-state index contributed by atoms with van der Waals surface area (Å²) < 4.78 is 6.10. The maximum atomic E-state index is 11.9. The fraction of sp³-hybridized carbons (Fsp3) is 0.0833. The number of carbonyl (C=O) groups is 1. The lowest BCUT2D eigenvalue weighted by atomic mass is 10.3. The summed E-state index contributed by atoms with van der Waals surface area (Å²) >= 11 is 1.55. The van der Waals surface area contributed by atoms with E-state index in [1.54, 1.807) is 16.8 Å². The Morgan fingerprint density at radius 3 is 3.16 bits per heavy atom. The third-order valence-corrected chi connectivity index (χ3v) is 3.36. The standard InChI is InChI=1S/C12H10N4O2S/c13-4-11-16-9(5-18-11)12(17)15-7-1-2-10-8(3-7)14-6-19-10/h1-3,5-6H,4,13H2,(H,15,17). The molecule has 0 bridgehead atoms. The Morgan fingerprint density at radius 1 is 1.47 bits per heavy atom. The fourth-order valence-electron chi connectivity index (χ4n) is 1.64. The first-order valence-corrected chi connectivity index (χ1v) is 6.43. The van der Waals surface area contributed by atoms with Gasteiger partial charge in [0.1, 0.15) is 6.26 Å².